The molecule has 0 radical (unpaired) electrons. The predicted molar refractivity (Wildman–Crippen MR) is 58.7 cm³/mol. The summed E-state index contributed by atoms with van der Waals surface area (Å²) in [6.45, 7) is 0. The number of nitrogens with one attached hydrogen (secondary N) is 1. The van der Waals surface area contributed by atoms with Crippen molar-refractivity contribution in [3.05, 3.63) is 33.4 Å². The Morgan fingerprint density at radius 1 is 1.59 bits per heavy atom. The lowest BCUT2D eigenvalue weighted by molar-refractivity contribution is -0.384. The Bertz CT molecular complexity index is 519. The average molecular weight is 235 g/mol. The second-order valence-electron chi connectivity index (χ2n) is 3.03. The average Bonchev–Trinajstić information content (AvgIpc) is 2.35. The Hall–Kier alpha value is -2.62. The van der Waals surface area contributed by atoms with Crippen LogP contribution < -0.4 is 5.32 Å². The Balaban J connectivity index is 3.51. The molecule has 1 rings (SSSR count). The maximum Gasteiger partial charge on any atom is 0.339 e. The van der Waals surface area contributed by atoms with Crippen LogP contribution in [0.3, 0.4) is 0 Å². The molecule has 17 heavy (non-hydrogen) atoms. The summed E-state index contributed by atoms with van der Waals surface area (Å²) in [6.07, 6.45) is 0. The fourth-order valence-corrected chi connectivity index (χ4v) is 1.31. The summed E-state index contributed by atoms with van der Waals surface area (Å²) in [5.74, 6) is -0.785. The molecule has 7 nitrogen and oxygen atoms in total. The van der Waals surface area contributed by atoms with Crippen molar-refractivity contribution in [2.24, 2.45) is 0 Å². The lowest BCUT2D eigenvalue weighted by atomic mass is 10.1. The Kier molecular flexibility index (Phi) is 3.62. The number of methoxy groups -OCH3 is 1. The summed E-state index contributed by atoms with van der Waals surface area (Å²) in [6, 6.07) is 4.05. The number of rotatable bonds is 3. The standard InChI is InChI=1S/C10H9N3O4/c1-12-8-3-6(5-11)7(10(14)17-2)4-9(8)13(15)16/h3-4,12H,1-2H3. The summed E-state index contributed by atoms with van der Waals surface area (Å²) >= 11 is 0. The van der Waals surface area contributed by atoms with E-state index in [9.17, 15) is 14.9 Å². The Morgan fingerprint density at radius 3 is 2.65 bits per heavy atom. The van der Waals surface area contributed by atoms with Crippen molar-refractivity contribution in [1.82, 2.24) is 0 Å². The zero-order chi connectivity index (χ0) is 13.0. The molecule has 7 heteroatoms. The number of nitriles is 1. The molecular formula is C10H9N3O4. The highest BCUT2D eigenvalue weighted by molar-refractivity contribution is 5.94. The molecule has 0 heterocycles. The van der Waals surface area contributed by atoms with Gasteiger partial charge in [-0.3, -0.25) is 10.1 Å². The van der Waals surface area contributed by atoms with Crippen LogP contribution in [0.2, 0.25) is 0 Å². The molecule has 0 aliphatic rings. The third-order valence-corrected chi connectivity index (χ3v) is 2.13. The van der Waals surface area contributed by atoms with Gasteiger partial charge in [0, 0.05) is 13.1 Å². The first-order valence-corrected chi connectivity index (χ1v) is 4.53. The van der Waals surface area contributed by atoms with Gasteiger partial charge in [0.2, 0.25) is 0 Å². The maximum atomic E-state index is 11.4. The van der Waals surface area contributed by atoms with Gasteiger partial charge in [-0.05, 0) is 6.07 Å². The van der Waals surface area contributed by atoms with E-state index in [0.29, 0.717) is 0 Å². The van der Waals surface area contributed by atoms with Crippen LogP contribution in [0.15, 0.2) is 12.1 Å². The summed E-state index contributed by atoms with van der Waals surface area (Å²) in [5, 5.41) is 22.2. The molecule has 1 aromatic carbocycles. The third-order valence-electron chi connectivity index (χ3n) is 2.13. The van der Waals surface area contributed by atoms with Crippen LogP contribution in [0.5, 0.6) is 0 Å². The smallest absolute Gasteiger partial charge is 0.339 e. The highest BCUT2D eigenvalue weighted by Gasteiger charge is 2.21. The Labute approximate surface area is 96.8 Å². The summed E-state index contributed by atoms with van der Waals surface area (Å²) in [5.41, 5.74) is -0.224. The molecule has 0 spiro atoms. The van der Waals surface area contributed by atoms with Crippen molar-refractivity contribution in [3.63, 3.8) is 0 Å². The van der Waals surface area contributed by atoms with Gasteiger partial charge in [0.25, 0.3) is 5.69 Å². The van der Waals surface area contributed by atoms with E-state index in [1.165, 1.54) is 13.1 Å². The number of nitro benzene ring substituents is 1. The molecular weight excluding hydrogens is 226 g/mol. The molecule has 1 N–H and O–H groups in total. The van der Waals surface area contributed by atoms with Crippen molar-refractivity contribution in [2.75, 3.05) is 19.5 Å². The fourth-order valence-electron chi connectivity index (χ4n) is 1.31. The van der Waals surface area contributed by atoms with E-state index < -0.39 is 10.9 Å². The van der Waals surface area contributed by atoms with E-state index >= 15 is 0 Å². The van der Waals surface area contributed by atoms with Crippen LogP contribution in [-0.4, -0.2) is 25.1 Å². The largest absolute Gasteiger partial charge is 0.465 e. The molecule has 0 aliphatic heterocycles. The van der Waals surface area contributed by atoms with E-state index in [4.69, 9.17) is 5.26 Å². The number of hydrogen-bond acceptors (Lipinski definition) is 6. The van der Waals surface area contributed by atoms with E-state index in [1.807, 2.05) is 0 Å². The van der Waals surface area contributed by atoms with Crippen LogP contribution >= 0.6 is 0 Å². The highest BCUT2D eigenvalue weighted by Crippen LogP contribution is 2.28. The van der Waals surface area contributed by atoms with Gasteiger partial charge < -0.3 is 10.1 Å². The summed E-state index contributed by atoms with van der Waals surface area (Å²) in [4.78, 5) is 21.5. The first kappa shape index (κ1) is 12.4. The quantitative estimate of drug-likeness (QED) is 0.480. The molecule has 0 saturated carbocycles. The van der Waals surface area contributed by atoms with Gasteiger partial charge in [0.1, 0.15) is 11.8 Å². The van der Waals surface area contributed by atoms with E-state index in [0.717, 1.165) is 13.2 Å². The normalized spacial score (nSPS) is 9.24. The lowest BCUT2D eigenvalue weighted by Crippen LogP contribution is -2.07. The topological polar surface area (TPSA) is 105 Å². The van der Waals surface area contributed by atoms with Gasteiger partial charge in [0.05, 0.1) is 23.2 Å². The van der Waals surface area contributed by atoms with Crippen molar-refractivity contribution < 1.29 is 14.5 Å². The van der Waals surface area contributed by atoms with E-state index in [2.05, 4.69) is 10.1 Å². The van der Waals surface area contributed by atoms with Gasteiger partial charge in [-0.25, -0.2) is 4.79 Å². The highest BCUT2D eigenvalue weighted by atomic mass is 16.6. The third kappa shape index (κ3) is 2.31. The molecule has 0 unspecified atom stereocenters. The van der Waals surface area contributed by atoms with Gasteiger partial charge in [-0.1, -0.05) is 0 Å². The molecule has 0 bridgehead atoms. The minimum absolute atomic E-state index is 0.0202. The number of nitrogens with zero attached hydrogens (tertiary/aromatic N) is 2. The molecule has 1 aromatic rings. The molecule has 0 fully saturated rings. The van der Waals surface area contributed by atoms with Crippen LogP contribution in [0, 0.1) is 21.4 Å². The van der Waals surface area contributed by atoms with Crippen molar-refractivity contribution in [1.29, 1.82) is 5.26 Å². The Morgan fingerprint density at radius 2 is 2.24 bits per heavy atom. The zero-order valence-corrected chi connectivity index (χ0v) is 9.18. The molecule has 88 valence electrons. The number of ether oxygens (including phenoxy) is 1. The predicted octanol–water partition coefficient (Wildman–Crippen LogP) is 1.29. The number of esters is 1. The van der Waals surface area contributed by atoms with E-state index in [-0.39, 0.29) is 22.5 Å². The minimum atomic E-state index is -0.785. The van der Waals surface area contributed by atoms with Crippen molar-refractivity contribution in [3.8, 4) is 6.07 Å². The van der Waals surface area contributed by atoms with Crippen molar-refractivity contribution >= 4 is 17.3 Å². The number of nitro groups is 1. The number of hydrogen-bond donors (Lipinski definition) is 1. The van der Waals surface area contributed by atoms with Gasteiger partial charge in [0.15, 0.2) is 0 Å². The van der Waals surface area contributed by atoms with Gasteiger partial charge in [-0.15, -0.1) is 0 Å². The fraction of sp³-hybridized carbons (Fsp3) is 0.200. The van der Waals surface area contributed by atoms with E-state index in [1.54, 1.807) is 6.07 Å². The second kappa shape index (κ2) is 4.94. The van der Waals surface area contributed by atoms with Crippen LogP contribution in [0.25, 0.3) is 0 Å². The summed E-state index contributed by atoms with van der Waals surface area (Å²) < 4.78 is 4.45. The summed E-state index contributed by atoms with van der Waals surface area (Å²) in [7, 11) is 2.63. The molecule has 0 aliphatic carbocycles. The lowest BCUT2D eigenvalue weighted by Gasteiger charge is -2.06. The second-order valence-corrected chi connectivity index (χ2v) is 3.03. The monoisotopic (exact) mass is 235 g/mol. The molecule has 0 atom stereocenters. The SMILES string of the molecule is CNc1cc(C#N)c(C(=O)OC)cc1[N+](=O)[O-]. The molecule has 0 saturated heterocycles. The van der Waals surface area contributed by atoms with Crippen LogP contribution in [0.4, 0.5) is 11.4 Å². The molecule has 0 amide bonds. The first-order valence-electron chi connectivity index (χ1n) is 4.53. The number of benzene rings is 1. The minimum Gasteiger partial charge on any atom is -0.465 e. The number of carbonyl (C=O) groups excluding carboxylic acids is 1. The van der Waals surface area contributed by atoms with Crippen LogP contribution in [-0.2, 0) is 4.74 Å². The van der Waals surface area contributed by atoms with Crippen molar-refractivity contribution in [2.45, 2.75) is 0 Å². The van der Waals surface area contributed by atoms with Gasteiger partial charge >= 0.3 is 5.97 Å². The molecule has 0 aromatic heterocycles. The first-order chi connectivity index (χ1) is 8.04. The number of anilines is 1. The number of carbonyl (C=O) groups is 1. The van der Waals surface area contributed by atoms with Gasteiger partial charge in [-0.2, -0.15) is 5.26 Å². The zero-order valence-electron chi connectivity index (χ0n) is 9.18. The van der Waals surface area contributed by atoms with Crippen LogP contribution in [0.1, 0.15) is 15.9 Å². The maximum absolute atomic E-state index is 11.4.